The van der Waals surface area contributed by atoms with Crippen molar-refractivity contribution in [1.82, 2.24) is 19.3 Å². The summed E-state index contributed by atoms with van der Waals surface area (Å²) in [5, 5.41) is 20.9. The van der Waals surface area contributed by atoms with Crippen LogP contribution >= 0.6 is 0 Å². The lowest BCUT2D eigenvalue weighted by atomic mass is 10.1. The standard InChI is InChI=1S/C24H21FN6O2/c1-15-21(18(14-26)24(33-15)30-10-5-6-11-30)23(32)27-16-8-9-19(25)17(13-16)22-29-28-20-7-3-2-4-12-31(20)22/h5-6,8-11,13H,2-4,7,12H2,1H3,(H,27,32). The van der Waals surface area contributed by atoms with Crippen molar-refractivity contribution >= 4 is 11.6 Å². The summed E-state index contributed by atoms with van der Waals surface area (Å²) in [7, 11) is 0. The van der Waals surface area contributed by atoms with Gasteiger partial charge in [-0.2, -0.15) is 5.26 Å². The first-order valence-corrected chi connectivity index (χ1v) is 10.8. The fraction of sp³-hybridized carbons (Fsp3) is 0.250. The van der Waals surface area contributed by atoms with Crippen LogP contribution in [0.15, 0.2) is 47.1 Å². The van der Waals surface area contributed by atoms with Crippen LogP contribution in [0.4, 0.5) is 10.1 Å². The molecule has 1 aliphatic rings. The van der Waals surface area contributed by atoms with E-state index >= 15 is 0 Å². The molecule has 33 heavy (non-hydrogen) atoms. The first-order valence-electron chi connectivity index (χ1n) is 10.8. The third-order valence-electron chi connectivity index (χ3n) is 5.82. The van der Waals surface area contributed by atoms with Crippen molar-refractivity contribution in [3.8, 4) is 23.3 Å². The molecule has 3 aromatic heterocycles. The van der Waals surface area contributed by atoms with Crippen molar-refractivity contribution in [3.05, 3.63) is 71.3 Å². The zero-order valence-electron chi connectivity index (χ0n) is 18.0. The largest absolute Gasteiger partial charge is 0.443 e. The Morgan fingerprint density at radius 1 is 1.21 bits per heavy atom. The Bertz CT molecular complexity index is 1380. The summed E-state index contributed by atoms with van der Waals surface area (Å²) in [4.78, 5) is 13.1. The number of anilines is 1. The molecule has 0 aliphatic carbocycles. The van der Waals surface area contributed by atoms with Gasteiger partial charge in [0.05, 0.1) is 5.56 Å². The second-order valence-electron chi connectivity index (χ2n) is 7.97. The quantitative estimate of drug-likeness (QED) is 0.495. The molecule has 166 valence electrons. The molecule has 0 saturated heterocycles. The summed E-state index contributed by atoms with van der Waals surface area (Å²) in [5.74, 6) is 0.937. The number of rotatable bonds is 4. The van der Waals surface area contributed by atoms with Crippen molar-refractivity contribution in [2.45, 2.75) is 39.2 Å². The summed E-state index contributed by atoms with van der Waals surface area (Å²) >= 11 is 0. The number of furan rings is 1. The zero-order valence-corrected chi connectivity index (χ0v) is 18.0. The van der Waals surface area contributed by atoms with Crippen LogP contribution in [-0.4, -0.2) is 25.2 Å². The average molecular weight is 444 g/mol. The average Bonchev–Trinajstić information content (AvgIpc) is 3.50. The maximum Gasteiger partial charge on any atom is 0.260 e. The number of benzene rings is 1. The Morgan fingerprint density at radius 2 is 2.03 bits per heavy atom. The highest BCUT2D eigenvalue weighted by atomic mass is 19.1. The van der Waals surface area contributed by atoms with Crippen LogP contribution in [0.5, 0.6) is 0 Å². The fourth-order valence-electron chi connectivity index (χ4n) is 4.21. The molecule has 4 aromatic rings. The van der Waals surface area contributed by atoms with E-state index in [1.807, 2.05) is 4.57 Å². The number of aromatic nitrogens is 4. The molecule has 0 unspecified atom stereocenters. The fourth-order valence-corrected chi connectivity index (χ4v) is 4.21. The lowest BCUT2D eigenvalue weighted by molar-refractivity contribution is 0.102. The van der Waals surface area contributed by atoms with Gasteiger partial charge in [-0.25, -0.2) is 4.39 Å². The van der Waals surface area contributed by atoms with Gasteiger partial charge >= 0.3 is 0 Å². The number of hydrogen-bond donors (Lipinski definition) is 1. The van der Waals surface area contributed by atoms with Crippen LogP contribution in [0.1, 0.15) is 46.8 Å². The van der Waals surface area contributed by atoms with Gasteiger partial charge < -0.3 is 14.3 Å². The number of carbonyl (C=O) groups is 1. The van der Waals surface area contributed by atoms with Crippen LogP contribution < -0.4 is 5.32 Å². The zero-order chi connectivity index (χ0) is 22.9. The van der Waals surface area contributed by atoms with Crippen molar-refractivity contribution < 1.29 is 13.6 Å². The third kappa shape index (κ3) is 3.69. The minimum Gasteiger partial charge on any atom is -0.443 e. The Kier molecular flexibility index (Phi) is 5.26. The van der Waals surface area contributed by atoms with Gasteiger partial charge in [0.15, 0.2) is 5.82 Å². The molecule has 1 aromatic carbocycles. The number of aryl methyl sites for hydroxylation is 2. The van der Waals surface area contributed by atoms with Gasteiger partial charge in [0.2, 0.25) is 5.88 Å². The maximum absolute atomic E-state index is 14.8. The van der Waals surface area contributed by atoms with E-state index in [9.17, 15) is 14.4 Å². The van der Waals surface area contributed by atoms with E-state index in [1.165, 1.54) is 12.1 Å². The highest BCUT2D eigenvalue weighted by Crippen LogP contribution is 2.29. The third-order valence-corrected chi connectivity index (χ3v) is 5.82. The summed E-state index contributed by atoms with van der Waals surface area (Å²) in [6, 6.07) is 9.97. The van der Waals surface area contributed by atoms with Gasteiger partial charge in [0, 0.05) is 31.0 Å². The molecule has 0 atom stereocenters. The Balaban J connectivity index is 1.48. The van der Waals surface area contributed by atoms with Crippen molar-refractivity contribution in [2.24, 2.45) is 0 Å². The molecule has 1 aliphatic heterocycles. The molecule has 0 bridgehead atoms. The Hall–Kier alpha value is -4.19. The number of fused-ring (bicyclic) bond motifs is 1. The van der Waals surface area contributed by atoms with E-state index in [4.69, 9.17) is 4.42 Å². The van der Waals surface area contributed by atoms with E-state index in [1.54, 1.807) is 42.1 Å². The molecular weight excluding hydrogens is 423 g/mol. The van der Waals surface area contributed by atoms with E-state index < -0.39 is 11.7 Å². The highest BCUT2D eigenvalue weighted by molar-refractivity contribution is 6.07. The van der Waals surface area contributed by atoms with Gasteiger partial charge in [-0.15, -0.1) is 10.2 Å². The molecule has 9 heteroatoms. The SMILES string of the molecule is Cc1oc(-n2cccc2)c(C#N)c1C(=O)Nc1ccc(F)c(-c2nnc3n2CCCCC3)c1. The van der Waals surface area contributed by atoms with Crippen molar-refractivity contribution in [3.63, 3.8) is 0 Å². The molecule has 1 amide bonds. The lowest BCUT2D eigenvalue weighted by Gasteiger charge is -2.10. The number of amides is 1. The number of nitrogens with one attached hydrogen (secondary N) is 1. The van der Waals surface area contributed by atoms with Gasteiger partial charge in [-0.1, -0.05) is 6.42 Å². The molecule has 0 fully saturated rings. The normalized spacial score (nSPS) is 13.2. The van der Waals surface area contributed by atoms with Crippen LogP contribution in [0.3, 0.4) is 0 Å². The molecule has 1 N–H and O–H groups in total. The number of hydrogen-bond acceptors (Lipinski definition) is 5. The van der Waals surface area contributed by atoms with Gasteiger partial charge in [-0.3, -0.25) is 9.36 Å². The van der Waals surface area contributed by atoms with Crippen LogP contribution in [0.2, 0.25) is 0 Å². The minimum absolute atomic E-state index is 0.131. The van der Waals surface area contributed by atoms with E-state index in [0.29, 0.717) is 17.3 Å². The summed E-state index contributed by atoms with van der Waals surface area (Å²) < 4.78 is 24.1. The summed E-state index contributed by atoms with van der Waals surface area (Å²) in [5.41, 5.74) is 0.926. The van der Waals surface area contributed by atoms with Gasteiger partial charge in [0.25, 0.3) is 5.91 Å². The molecular formula is C24H21FN6O2. The van der Waals surface area contributed by atoms with Crippen LogP contribution in [-0.2, 0) is 13.0 Å². The smallest absolute Gasteiger partial charge is 0.260 e. The first kappa shape index (κ1) is 20.7. The molecule has 4 heterocycles. The Labute approximate surface area is 189 Å². The number of nitrogens with zero attached hydrogens (tertiary/aromatic N) is 5. The topological polar surface area (TPSA) is 102 Å². The molecule has 5 rings (SSSR count). The second kappa shape index (κ2) is 8.39. The molecule has 0 radical (unpaired) electrons. The second-order valence-corrected chi connectivity index (χ2v) is 7.97. The predicted octanol–water partition coefficient (Wildman–Crippen LogP) is 4.63. The van der Waals surface area contributed by atoms with E-state index in [0.717, 1.165) is 38.1 Å². The first-order chi connectivity index (χ1) is 16.1. The molecule has 0 spiro atoms. The van der Waals surface area contributed by atoms with Crippen LogP contribution in [0, 0.1) is 24.1 Å². The monoisotopic (exact) mass is 444 g/mol. The number of carbonyl (C=O) groups excluding carboxylic acids is 1. The van der Waals surface area contributed by atoms with Gasteiger partial charge in [-0.05, 0) is 50.1 Å². The highest BCUT2D eigenvalue weighted by Gasteiger charge is 2.25. The van der Waals surface area contributed by atoms with Crippen LogP contribution in [0.25, 0.3) is 17.3 Å². The van der Waals surface area contributed by atoms with Crippen molar-refractivity contribution in [1.29, 1.82) is 5.26 Å². The van der Waals surface area contributed by atoms with Gasteiger partial charge in [0.1, 0.15) is 34.6 Å². The lowest BCUT2D eigenvalue weighted by Crippen LogP contribution is -2.14. The maximum atomic E-state index is 14.8. The van der Waals surface area contributed by atoms with E-state index in [2.05, 4.69) is 21.6 Å². The van der Waals surface area contributed by atoms with E-state index in [-0.39, 0.29) is 22.6 Å². The Morgan fingerprint density at radius 3 is 2.82 bits per heavy atom. The summed E-state index contributed by atoms with van der Waals surface area (Å²) in [6.45, 7) is 2.36. The molecule has 0 saturated carbocycles. The predicted molar refractivity (Wildman–Crippen MR) is 118 cm³/mol. The molecule has 8 nitrogen and oxygen atoms in total. The number of nitriles is 1. The van der Waals surface area contributed by atoms with Crippen molar-refractivity contribution in [2.75, 3.05) is 5.32 Å². The summed E-state index contributed by atoms with van der Waals surface area (Å²) in [6.07, 6.45) is 7.38. The number of halogens is 1. The minimum atomic E-state index is -0.510.